The summed E-state index contributed by atoms with van der Waals surface area (Å²) in [5, 5.41) is 9.03. The Hall–Kier alpha value is -1.39. The average Bonchev–Trinajstić information content (AvgIpc) is 2.22. The molecule has 0 fully saturated rings. The lowest BCUT2D eigenvalue weighted by atomic mass is 9.82. The molecule has 1 N–H and O–H groups in total. The summed E-state index contributed by atoms with van der Waals surface area (Å²) in [4.78, 5) is 25.8. The van der Waals surface area contributed by atoms with Gasteiger partial charge in [-0.05, 0) is 11.8 Å². The average molecular weight is 229 g/mol. The van der Waals surface area contributed by atoms with E-state index in [4.69, 9.17) is 5.11 Å². The Labute approximate surface area is 95.5 Å². The lowest BCUT2D eigenvalue weighted by molar-refractivity contribution is -0.141. The van der Waals surface area contributed by atoms with Crippen molar-refractivity contribution in [2.24, 2.45) is 10.4 Å². The molecule has 0 saturated carbocycles. The monoisotopic (exact) mass is 229 g/mol. The predicted octanol–water partition coefficient (Wildman–Crippen LogP) is 1.51. The van der Waals surface area contributed by atoms with Gasteiger partial charge >= 0.3 is 11.9 Å². The number of carboxylic acids is 1. The third kappa shape index (κ3) is 4.42. The van der Waals surface area contributed by atoms with Gasteiger partial charge in [0.05, 0.1) is 13.5 Å². The number of methoxy groups -OCH3 is 1. The Balaban J connectivity index is 4.59. The number of hydrogen-bond acceptors (Lipinski definition) is 4. The fourth-order valence-corrected chi connectivity index (χ4v) is 1.11. The van der Waals surface area contributed by atoms with E-state index in [-0.39, 0.29) is 6.42 Å². The van der Waals surface area contributed by atoms with Gasteiger partial charge in [-0.1, -0.05) is 20.8 Å². The molecular weight excluding hydrogens is 210 g/mol. The Kier molecular flexibility index (Phi) is 5.71. The number of aliphatic imine (C=N–C) groups is 1. The summed E-state index contributed by atoms with van der Waals surface area (Å²) in [7, 11) is 1.28. The first-order valence-corrected chi connectivity index (χ1v) is 5.16. The van der Waals surface area contributed by atoms with Crippen LogP contribution in [0.3, 0.4) is 0 Å². The van der Waals surface area contributed by atoms with Crippen molar-refractivity contribution in [1.82, 2.24) is 0 Å². The third-order valence-corrected chi connectivity index (χ3v) is 2.63. The Bertz CT molecular complexity index is 284. The van der Waals surface area contributed by atoms with E-state index in [0.717, 1.165) is 0 Å². The van der Waals surface area contributed by atoms with Crippen molar-refractivity contribution in [3.05, 3.63) is 0 Å². The summed E-state index contributed by atoms with van der Waals surface area (Å²) >= 11 is 0. The molecule has 0 aliphatic heterocycles. The highest BCUT2D eigenvalue weighted by molar-refractivity contribution is 5.87. The lowest BCUT2D eigenvalue weighted by Gasteiger charge is -2.26. The smallest absolute Gasteiger partial charge is 0.328 e. The van der Waals surface area contributed by atoms with Crippen molar-refractivity contribution in [1.29, 1.82) is 0 Å². The van der Waals surface area contributed by atoms with Gasteiger partial charge in [0, 0.05) is 6.21 Å². The summed E-state index contributed by atoms with van der Waals surface area (Å²) < 4.78 is 4.43. The lowest BCUT2D eigenvalue weighted by Crippen LogP contribution is -2.34. The second kappa shape index (κ2) is 6.25. The third-order valence-electron chi connectivity index (χ3n) is 2.63. The first kappa shape index (κ1) is 14.6. The second-order valence-corrected chi connectivity index (χ2v) is 4.19. The maximum Gasteiger partial charge on any atom is 0.328 e. The van der Waals surface area contributed by atoms with Gasteiger partial charge in [0.1, 0.15) is 0 Å². The molecule has 0 saturated heterocycles. The fourth-order valence-electron chi connectivity index (χ4n) is 1.11. The Morgan fingerprint density at radius 3 is 2.44 bits per heavy atom. The molecule has 0 amide bonds. The Morgan fingerprint density at radius 1 is 1.50 bits per heavy atom. The molecule has 0 aliphatic rings. The largest absolute Gasteiger partial charge is 0.480 e. The standard InChI is InChI=1S/C11H19NO4/c1-5-11(2,3)9(10(14)15)12-7-6-8(13)16-4/h7,9H,5-6H2,1-4H3,(H,14,15)/b12-7+/t9-/m0/s1. The van der Waals surface area contributed by atoms with Gasteiger partial charge < -0.3 is 9.84 Å². The molecule has 92 valence electrons. The van der Waals surface area contributed by atoms with Crippen LogP contribution in [-0.4, -0.2) is 36.4 Å². The van der Waals surface area contributed by atoms with Crippen LogP contribution in [0.2, 0.25) is 0 Å². The van der Waals surface area contributed by atoms with Gasteiger partial charge in [-0.2, -0.15) is 0 Å². The first-order valence-electron chi connectivity index (χ1n) is 5.16. The number of carbonyl (C=O) groups is 2. The number of carbonyl (C=O) groups excluding carboxylic acids is 1. The molecule has 5 heteroatoms. The molecule has 0 bridgehead atoms. The highest BCUT2D eigenvalue weighted by Crippen LogP contribution is 2.27. The van der Waals surface area contributed by atoms with Crippen LogP contribution < -0.4 is 0 Å². The predicted molar refractivity (Wildman–Crippen MR) is 60.6 cm³/mol. The molecule has 0 heterocycles. The number of hydrogen-bond donors (Lipinski definition) is 1. The normalized spacial score (nSPS) is 13.8. The number of esters is 1. The van der Waals surface area contributed by atoms with Gasteiger partial charge in [-0.3, -0.25) is 9.79 Å². The van der Waals surface area contributed by atoms with E-state index in [1.807, 2.05) is 20.8 Å². The molecule has 16 heavy (non-hydrogen) atoms. The summed E-state index contributed by atoms with van der Waals surface area (Å²) in [6.45, 7) is 5.58. The van der Waals surface area contributed by atoms with Crippen LogP contribution >= 0.6 is 0 Å². The van der Waals surface area contributed by atoms with Crippen molar-refractivity contribution < 1.29 is 19.4 Å². The summed E-state index contributed by atoms with van der Waals surface area (Å²) in [6, 6.07) is -0.831. The van der Waals surface area contributed by atoms with Crippen LogP contribution in [0, 0.1) is 5.41 Å². The molecule has 0 radical (unpaired) electrons. The summed E-state index contributed by atoms with van der Waals surface area (Å²) in [6.07, 6.45) is 2.00. The van der Waals surface area contributed by atoms with Crippen molar-refractivity contribution in [2.45, 2.75) is 39.7 Å². The minimum atomic E-state index is -0.979. The molecule has 0 unspecified atom stereocenters. The molecule has 0 rings (SSSR count). The highest BCUT2D eigenvalue weighted by atomic mass is 16.5. The maximum atomic E-state index is 11.0. The van der Waals surface area contributed by atoms with E-state index >= 15 is 0 Å². The van der Waals surface area contributed by atoms with E-state index in [0.29, 0.717) is 6.42 Å². The summed E-state index contributed by atoms with van der Waals surface area (Å²) in [5.74, 6) is -1.41. The zero-order chi connectivity index (χ0) is 12.8. The number of rotatable bonds is 6. The van der Waals surface area contributed by atoms with Crippen molar-refractivity contribution in [3.8, 4) is 0 Å². The summed E-state index contributed by atoms with van der Waals surface area (Å²) in [5.41, 5.74) is -0.432. The van der Waals surface area contributed by atoms with E-state index in [1.165, 1.54) is 13.3 Å². The van der Waals surface area contributed by atoms with Gasteiger partial charge in [0.15, 0.2) is 6.04 Å². The van der Waals surface area contributed by atoms with Crippen LogP contribution in [0.5, 0.6) is 0 Å². The number of nitrogens with zero attached hydrogens (tertiary/aromatic N) is 1. The fraction of sp³-hybridized carbons (Fsp3) is 0.727. The van der Waals surface area contributed by atoms with Crippen LogP contribution in [-0.2, 0) is 14.3 Å². The van der Waals surface area contributed by atoms with Crippen molar-refractivity contribution in [3.63, 3.8) is 0 Å². The van der Waals surface area contributed by atoms with E-state index in [9.17, 15) is 9.59 Å². The zero-order valence-electron chi connectivity index (χ0n) is 10.2. The van der Waals surface area contributed by atoms with Gasteiger partial charge in [0.2, 0.25) is 0 Å². The molecule has 5 nitrogen and oxygen atoms in total. The Morgan fingerprint density at radius 2 is 2.06 bits per heavy atom. The van der Waals surface area contributed by atoms with Crippen LogP contribution in [0.25, 0.3) is 0 Å². The first-order chi connectivity index (χ1) is 7.35. The molecule has 0 spiro atoms. The van der Waals surface area contributed by atoms with Crippen molar-refractivity contribution in [2.75, 3.05) is 7.11 Å². The van der Waals surface area contributed by atoms with Crippen LogP contribution in [0.15, 0.2) is 4.99 Å². The minimum Gasteiger partial charge on any atom is -0.480 e. The SMILES string of the molecule is CCC(C)(C)[C@@H](/N=C/CC(=O)OC)C(=O)O. The molecule has 0 aliphatic carbocycles. The highest BCUT2D eigenvalue weighted by Gasteiger charge is 2.32. The quantitative estimate of drug-likeness (QED) is 0.553. The number of carboxylic acid groups (broad SMARTS) is 1. The van der Waals surface area contributed by atoms with Crippen LogP contribution in [0.1, 0.15) is 33.6 Å². The minimum absolute atomic E-state index is 0.0000737. The second-order valence-electron chi connectivity index (χ2n) is 4.19. The zero-order valence-corrected chi connectivity index (χ0v) is 10.2. The van der Waals surface area contributed by atoms with E-state index in [1.54, 1.807) is 0 Å². The maximum absolute atomic E-state index is 11.0. The topological polar surface area (TPSA) is 76.0 Å². The molecule has 1 atom stereocenters. The van der Waals surface area contributed by atoms with Crippen molar-refractivity contribution >= 4 is 18.2 Å². The van der Waals surface area contributed by atoms with E-state index < -0.39 is 23.4 Å². The molecule has 0 aromatic carbocycles. The molecular formula is C11H19NO4. The molecule has 0 aromatic rings. The number of ether oxygens (including phenoxy) is 1. The van der Waals surface area contributed by atoms with E-state index in [2.05, 4.69) is 9.73 Å². The van der Waals surface area contributed by atoms with Gasteiger partial charge in [-0.15, -0.1) is 0 Å². The van der Waals surface area contributed by atoms with Gasteiger partial charge in [0.25, 0.3) is 0 Å². The van der Waals surface area contributed by atoms with Gasteiger partial charge in [-0.25, -0.2) is 4.79 Å². The number of aliphatic carboxylic acids is 1. The molecule has 0 aromatic heterocycles. The van der Waals surface area contributed by atoms with Crippen LogP contribution in [0.4, 0.5) is 0 Å².